The Kier molecular flexibility index (Phi) is 12.2. The van der Waals surface area contributed by atoms with E-state index in [-0.39, 0.29) is 78.0 Å². The van der Waals surface area contributed by atoms with Gasteiger partial charge in [0.2, 0.25) is 0 Å². The minimum Gasteiger partial charge on any atom is -0.872 e. The van der Waals surface area contributed by atoms with Gasteiger partial charge in [0.25, 0.3) is 0 Å². The fourth-order valence-corrected chi connectivity index (χ4v) is 6.47. The second kappa shape index (κ2) is 15.0. The molecule has 251 valence electrons. The number of benzene rings is 3. The zero-order valence-electron chi connectivity index (χ0n) is 24.0. The van der Waals surface area contributed by atoms with Crippen molar-refractivity contribution in [1.29, 1.82) is 0 Å². The fourth-order valence-electron chi connectivity index (χ4n) is 4.90. The molecular formula is C27H29FeN3O12S3-. The van der Waals surface area contributed by atoms with Crippen LogP contribution in [0.4, 0.5) is 0 Å². The second-order valence-corrected chi connectivity index (χ2v) is 14.7. The van der Waals surface area contributed by atoms with Gasteiger partial charge in [0, 0.05) is 70.0 Å². The summed E-state index contributed by atoms with van der Waals surface area (Å²) in [4.78, 5) is 3.86. The molecule has 0 atom stereocenters. The molecule has 1 aliphatic rings. The summed E-state index contributed by atoms with van der Waals surface area (Å²) < 4.78 is 104. The SMILES string of the molecule is O=S(=O)([O-])c1ccc([O-])c(CN2CCN(Cc3cc(S(=O)(=O)[O-])ccc3O)CCN(Cc3cc(S(=O)(=O)[O-])ccc3O)CC2)c1.[Fe+3]. The molecule has 0 aromatic heterocycles. The van der Waals surface area contributed by atoms with Gasteiger partial charge in [-0.05, 0) is 54.1 Å². The first-order chi connectivity index (χ1) is 20.9. The van der Waals surface area contributed by atoms with Gasteiger partial charge >= 0.3 is 17.1 Å². The van der Waals surface area contributed by atoms with Gasteiger partial charge in [-0.1, -0.05) is 6.07 Å². The van der Waals surface area contributed by atoms with Crippen LogP contribution in [0.25, 0.3) is 0 Å². The Morgan fingerprint density at radius 1 is 0.522 bits per heavy atom. The fraction of sp³-hybridized carbons (Fsp3) is 0.333. The van der Waals surface area contributed by atoms with E-state index in [1.54, 1.807) is 4.90 Å². The van der Waals surface area contributed by atoms with Crippen molar-refractivity contribution in [2.75, 3.05) is 39.3 Å². The molecule has 0 unspecified atom stereocenters. The molecule has 1 fully saturated rings. The van der Waals surface area contributed by atoms with E-state index in [1.807, 2.05) is 9.80 Å². The topological polar surface area (TPSA) is 245 Å². The number of rotatable bonds is 9. The summed E-state index contributed by atoms with van der Waals surface area (Å²) in [6.45, 7) is 1.74. The molecule has 1 aliphatic heterocycles. The number of nitrogens with zero attached hydrogens (tertiary/aromatic N) is 3. The molecule has 2 N–H and O–H groups in total. The third-order valence-corrected chi connectivity index (χ3v) is 9.87. The van der Waals surface area contributed by atoms with E-state index in [0.717, 1.165) is 54.6 Å². The summed E-state index contributed by atoms with van der Waals surface area (Å²) in [5.41, 5.74) is 0.372. The van der Waals surface area contributed by atoms with E-state index in [9.17, 15) is 54.2 Å². The molecule has 3 aromatic carbocycles. The van der Waals surface area contributed by atoms with Crippen molar-refractivity contribution < 1.29 is 71.3 Å². The molecule has 4 rings (SSSR count). The van der Waals surface area contributed by atoms with Crippen LogP contribution in [0.2, 0.25) is 0 Å². The van der Waals surface area contributed by atoms with Crippen LogP contribution in [-0.4, -0.2) is 103 Å². The smallest absolute Gasteiger partial charge is 0.872 e. The van der Waals surface area contributed by atoms with E-state index in [0.29, 0.717) is 26.2 Å². The quantitative estimate of drug-likeness (QED) is 0.211. The number of hydrogen-bond acceptors (Lipinski definition) is 15. The molecule has 3 aromatic rings. The zero-order chi connectivity index (χ0) is 33.2. The average Bonchev–Trinajstić information content (AvgIpc) is 3.02. The van der Waals surface area contributed by atoms with Crippen molar-refractivity contribution in [3.8, 4) is 17.2 Å². The molecule has 0 amide bonds. The molecule has 1 saturated heterocycles. The summed E-state index contributed by atoms with van der Waals surface area (Å²) in [7, 11) is -14.4. The summed E-state index contributed by atoms with van der Waals surface area (Å²) in [5, 5.41) is 33.3. The minimum atomic E-state index is -4.83. The summed E-state index contributed by atoms with van der Waals surface area (Å²) in [6, 6.07) is 9.27. The predicted molar refractivity (Wildman–Crippen MR) is 152 cm³/mol. The number of phenolic OH excluding ortho intramolecular Hbond substituents is 2. The Morgan fingerprint density at radius 3 is 1.13 bits per heavy atom. The summed E-state index contributed by atoms with van der Waals surface area (Å²) >= 11 is 0. The van der Waals surface area contributed by atoms with E-state index >= 15 is 0 Å². The van der Waals surface area contributed by atoms with Crippen LogP contribution >= 0.6 is 0 Å². The van der Waals surface area contributed by atoms with Crippen LogP contribution in [0.5, 0.6) is 17.2 Å². The van der Waals surface area contributed by atoms with Crippen LogP contribution in [-0.2, 0) is 67.1 Å². The third-order valence-electron chi connectivity index (χ3n) is 7.38. The maximum atomic E-state index is 12.6. The van der Waals surface area contributed by atoms with E-state index < -0.39 is 50.8 Å². The van der Waals surface area contributed by atoms with E-state index in [4.69, 9.17) is 0 Å². The van der Waals surface area contributed by atoms with Gasteiger partial charge in [0.05, 0.1) is 14.7 Å². The maximum Gasteiger partial charge on any atom is 3.00 e. The van der Waals surface area contributed by atoms with Crippen LogP contribution < -0.4 is 5.11 Å². The normalized spacial score (nSPS) is 16.2. The van der Waals surface area contributed by atoms with Gasteiger partial charge in [0.15, 0.2) is 0 Å². The van der Waals surface area contributed by atoms with E-state index in [2.05, 4.69) is 0 Å². The molecule has 15 nitrogen and oxygen atoms in total. The van der Waals surface area contributed by atoms with Gasteiger partial charge in [-0.15, -0.1) is 5.75 Å². The van der Waals surface area contributed by atoms with Crippen LogP contribution in [0, 0.1) is 0 Å². The Labute approximate surface area is 277 Å². The number of hydrogen-bond donors (Lipinski definition) is 2. The van der Waals surface area contributed by atoms with Gasteiger partial charge in [-0.2, -0.15) is 0 Å². The Bertz CT molecular complexity index is 1660. The Morgan fingerprint density at radius 2 is 0.804 bits per heavy atom. The van der Waals surface area contributed by atoms with Crippen LogP contribution in [0.15, 0.2) is 69.3 Å². The van der Waals surface area contributed by atoms with Crippen molar-refractivity contribution in [1.82, 2.24) is 14.7 Å². The van der Waals surface area contributed by atoms with Crippen LogP contribution in [0.1, 0.15) is 16.7 Å². The van der Waals surface area contributed by atoms with Crippen molar-refractivity contribution in [2.24, 2.45) is 0 Å². The Balaban J connectivity index is 0.00000576. The number of aromatic hydroxyl groups is 2. The molecule has 1 radical (unpaired) electrons. The summed E-state index contributed by atoms with van der Waals surface area (Å²) in [5.74, 6) is -0.983. The van der Waals surface area contributed by atoms with Gasteiger partial charge < -0.3 is 29.0 Å². The third kappa shape index (κ3) is 10.1. The van der Waals surface area contributed by atoms with Crippen molar-refractivity contribution in [3.05, 3.63) is 71.3 Å². The second-order valence-electron chi connectivity index (χ2n) is 10.5. The van der Waals surface area contributed by atoms with E-state index in [1.165, 1.54) is 0 Å². The molecule has 0 spiro atoms. The standard InChI is InChI=1S/C27H33N3O12S3.Fe/c31-25-4-1-22(43(34,35)36)13-19(25)16-28-7-9-29(17-20-14-23(44(37,38)39)2-5-26(20)32)11-12-30(10-8-28)18-21-15-24(45(40,41)42)3-6-27(21)33;/h1-6,13-15,31-33H,7-12,16-18H2,(H,34,35,36)(H,37,38,39)(H,40,41,42);/q;+3/p-4. The maximum absolute atomic E-state index is 12.6. The largest absolute Gasteiger partial charge is 3.00 e. The molecule has 0 bridgehead atoms. The molecule has 0 aliphatic carbocycles. The van der Waals surface area contributed by atoms with Gasteiger partial charge in [-0.25, -0.2) is 25.3 Å². The zero-order valence-corrected chi connectivity index (χ0v) is 27.5. The predicted octanol–water partition coefficient (Wildman–Crippen LogP) is -0.299. The van der Waals surface area contributed by atoms with Crippen molar-refractivity contribution in [2.45, 2.75) is 34.3 Å². The molecule has 0 saturated carbocycles. The van der Waals surface area contributed by atoms with Crippen molar-refractivity contribution >= 4 is 30.4 Å². The first kappa shape index (κ1) is 37.6. The molecule has 19 heteroatoms. The molecule has 1 heterocycles. The first-order valence-electron chi connectivity index (χ1n) is 13.4. The minimum absolute atomic E-state index is 0. The average molecular weight is 740 g/mol. The van der Waals surface area contributed by atoms with Crippen LogP contribution in [0.3, 0.4) is 0 Å². The van der Waals surface area contributed by atoms with Gasteiger partial charge in [-0.3, -0.25) is 14.7 Å². The molecular weight excluding hydrogens is 710 g/mol. The Hall–Kier alpha value is -2.81. The van der Waals surface area contributed by atoms with Crippen molar-refractivity contribution in [3.63, 3.8) is 0 Å². The monoisotopic (exact) mass is 739 g/mol. The molecule has 46 heavy (non-hydrogen) atoms. The number of phenols is 2. The first-order valence-corrected chi connectivity index (χ1v) is 17.6. The summed E-state index contributed by atoms with van der Waals surface area (Å²) in [6.07, 6.45) is 0. The van der Waals surface area contributed by atoms with Gasteiger partial charge in [0.1, 0.15) is 41.9 Å².